The highest BCUT2D eigenvalue weighted by atomic mass is 16.5. The number of fused-ring (bicyclic) bond motifs is 1. The fourth-order valence-corrected chi connectivity index (χ4v) is 3.24. The van der Waals surface area contributed by atoms with Crippen molar-refractivity contribution in [2.75, 3.05) is 12.4 Å². The van der Waals surface area contributed by atoms with Gasteiger partial charge in [-0.2, -0.15) is 0 Å². The van der Waals surface area contributed by atoms with Crippen molar-refractivity contribution in [3.8, 4) is 5.75 Å². The van der Waals surface area contributed by atoms with E-state index >= 15 is 0 Å². The van der Waals surface area contributed by atoms with Crippen molar-refractivity contribution in [1.29, 1.82) is 0 Å². The van der Waals surface area contributed by atoms with Gasteiger partial charge in [-0.25, -0.2) is 0 Å². The van der Waals surface area contributed by atoms with E-state index in [1.165, 1.54) is 6.20 Å². The van der Waals surface area contributed by atoms with Gasteiger partial charge in [0.15, 0.2) is 0 Å². The fraction of sp³-hybridized carbons (Fsp3) is 0.0870. The number of nitrogens with one attached hydrogen (secondary N) is 1. The second kappa shape index (κ2) is 7.98. The average molecular weight is 385 g/mol. The molecule has 6 nitrogen and oxygen atoms in total. The number of hydrogen-bond acceptors (Lipinski definition) is 4. The molecular weight excluding hydrogens is 366 g/mol. The van der Waals surface area contributed by atoms with E-state index < -0.39 is 11.7 Å². The highest BCUT2D eigenvalue weighted by molar-refractivity contribution is 6.47. The van der Waals surface area contributed by atoms with Crippen molar-refractivity contribution < 1.29 is 14.3 Å². The van der Waals surface area contributed by atoms with Crippen LogP contribution in [0.5, 0.6) is 5.75 Å². The maximum absolute atomic E-state index is 12.8. The van der Waals surface area contributed by atoms with E-state index in [9.17, 15) is 9.59 Å². The number of ether oxygens (including phenoxy) is 1. The molecule has 0 aliphatic rings. The van der Waals surface area contributed by atoms with Gasteiger partial charge in [0.25, 0.3) is 11.7 Å². The molecule has 0 saturated carbocycles. The Morgan fingerprint density at radius 1 is 1.07 bits per heavy atom. The second-order valence-electron chi connectivity index (χ2n) is 6.56. The van der Waals surface area contributed by atoms with E-state index in [-0.39, 0.29) is 0 Å². The maximum atomic E-state index is 12.8. The van der Waals surface area contributed by atoms with Gasteiger partial charge in [0.2, 0.25) is 0 Å². The molecule has 3 heterocycles. The number of rotatable bonds is 6. The van der Waals surface area contributed by atoms with Crippen LogP contribution in [0, 0.1) is 0 Å². The average Bonchev–Trinajstić information content (AvgIpc) is 3.13. The summed E-state index contributed by atoms with van der Waals surface area (Å²) in [6, 6.07) is 18.5. The monoisotopic (exact) mass is 385 g/mol. The maximum Gasteiger partial charge on any atom is 0.296 e. The zero-order chi connectivity index (χ0) is 20.2. The molecule has 0 radical (unpaired) electrons. The minimum atomic E-state index is -0.689. The smallest absolute Gasteiger partial charge is 0.296 e. The summed E-state index contributed by atoms with van der Waals surface area (Å²) >= 11 is 0. The molecule has 0 spiro atoms. The van der Waals surface area contributed by atoms with Gasteiger partial charge >= 0.3 is 0 Å². The third-order valence-electron chi connectivity index (χ3n) is 4.67. The first-order chi connectivity index (χ1) is 14.2. The first-order valence-corrected chi connectivity index (χ1v) is 9.13. The van der Waals surface area contributed by atoms with E-state index in [2.05, 4.69) is 10.3 Å². The Kier molecular flexibility index (Phi) is 5.07. The number of amides is 1. The van der Waals surface area contributed by atoms with Crippen LogP contribution in [0.4, 0.5) is 5.69 Å². The molecule has 0 unspecified atom stereocenters. The number of benzene rings is 1. The van der Waals surface area contributed by atoms with Gasteiger partial charge < -0.3 is 14.5 Å². The van der Waals surface area contributed by atoms with Crippen LogP contribution < -0.4 is 10.1 Å². The number of carbonyl (C=O) groups excluding carboxylic acids is 2. The number of pyridine rings is 2. The van der Waals surface area contributed by atoms with Crippen LogP contribution >= 0.6 is 0 Å². The van der Waals surface area contributed by atoms with Gasteiger partial charge in [-0.15, -0.1) is 0 Å². The van der Waals surface area contributed by atoms with E-state index in [1.807, 2.05) is 53.1 Å². The van der Waals surface area contributed by atoms with E-state index in [0.29, 0.717) is 23.2 Å². The summed E-state index contributed by atoms with van der Waals surface area (Å²) < 4.78 is 7.14. The van der Waals surface area contributed by atoms with Crippen LogP contribution in [0.3, 0.4) is 0 Å². The quantitative estimate of drug-likeness (QED) is 0.405. The lowest BCUT2D eigenvalue weighted by molar-refractivity contribution is -0.112. The SMILES string of the molecule is COc1ccc(Cc2cc(C(=O)C(=O)Nc3cccnc3)c3ccccn23)cc1. The summed E-state index contributed by atoms with van der Waals surface area (Å²) in [5.74, 6) is -0.486. The third-order valence-corrected chi connectivity index (χ3v) is 4.67. The third kappa shape index (κ3) is 3.87. The summed E-state index contributed by atoms with van der Waals surface area (Å²) in [7, 11) is 1.63. The number of Topliss-reactive ketones (excluding diaryl/α,β-unsaturated/α-hetero) is 1. The van der Waals surface area contributed by atoms with Crippen LogP contribution in [0.2, 0.25) is 0 Å². The fourth-order valence-electron chi connectivity index (χ4n) is 3.24. The molecule has 1 aromatic carbocycles. The molecule has 4 aromatic rings. The van der Waals surface area contributed by atoms with Crippen LogP contribution in [0.25, 0.3) is 5.52 Å². The Bertz CT molecular complexity index is 1170. The normalized spacial score (nSPS) is 10.7. The molecule has 0 bridgehead atoms. The molecule has 0 fully saturated rings. The van der Waals surface area contributed by atoms with Crippen LogP contribution in [0.1, 0.15) is 21.6 Å². The van der Waals surface area contributed by atoms with E-state index in [4.69, 9.17) is 4.74 Å². The van der Waals surface area contributed by atoms with Crippen molar-refractivity contribution in [3.63, 3.8) is 0 Å². The van der Waals surface area contributed by atoms with Crippen LogP contribution in [-0.2, 0) is 11.2 Å². The standard InChI is InChI=1S/C23H19N3O3/c1-29-19-9-7-16(8-10-19)13-18-14-20(21-6-2-3-12-26(18)21)22(27)23(28)25-17-5-4-11-24-15-17/h2-12,14-15H,13H2,1H3,(H,25,28). The summed E-state index contributed by atoms with van der Waals surface area (Å²) in [6.07, 6.45) is 5.61. The summed E-state index contributed by atoms with van der Waals surface area (Å²) in [5.41, 5.74) is 3.54. The molecular formula is C23H19N3O3. The molecule has 144 valence electrons. The second-order valence-corrected chi connectivity index (χ2v) is 6.56. The molecule has 0 aliphatic carbocycles. The highest BCUT2D eigenvalue weighted by Gasteiger charge is 2.22. The lowest BCUT2D eigenvalue weighted by Crippen LogP contribution is -2.22. The number of carbonyl (C=O) groups is 2. The molecule has 3 aromatic heterocycles. The van der Waals surface area contributed by atoms with Gasteiger partial charge in [0.1, 0.15) is 5.75 Å². The van der Waals surface area contributed by atoms with Crippen molar-refractivity contribution >= 4 is 22.9 Å². The minimum Gasteiger partial charge on any atom is -0.497 e. The first kappa shape index (κ1) is 18.4. The van der Waals surface area contributed by atoms with Crippen LogP contribution in [0.15, 0.2) is 79.3 Å². The first-order valence-electron chi connectivity index (χ1n) is 9.13. The molecule has 1 amide bonds. The lowest BCUT2D eigenvalue weighted by atomic mass is 10.1. The number of aromatic nitrogens is 2. The summed E-state index contributed by atoms with van der Waals surface area (Å²) in [5, 5.41) is 2.60. The highest BCUT2D eigenvalue weighted by Crippen LogP contribution is 2.22. The zero-order valence-electron chi connectivity index (χ0n) is 15.8. The van der Waals surface area contributed by atoms with Gasteiger partial charge in [0, 0.05) is 24.5 Å². The van der Waals surface area contributed by atoms with Gasteiger partial charge in [-0.05, 0) is 48.0 Å². The molecule has 0 saturated heterocycles. The van der Waals surface area contributed by atoms with Crippen molar-refractivity contribution in [3.05, 3.63) is 96.1 Å². The van der Waals surface area contributed by atoms with Crippen molar-refractivity contribution in [2.45, 2.75) is 6.42 Å². The Balaban J connectivity index is 1.64. The minimum absolute atomic E-state index is 0.371. The molecule has 4 rings (SSSR count). The number of methoxy groups -OCH3 is 1. The predicted molar refractivity (Wildman–Crippen MR) is 110 cm³/mol. The topological polar surface area (TPSA) is 72.7 Å². The Morgan fingerprint density at radius 3 is 2.62 bits per heavy atom. The molecule has 6 heteroatoms. The van der Waals surface area contributed by atoms with Gasteiger partial charge in [-0.1, -0.05) is 18.2 Å². The summed E-state index contributed by atoms with van der Waals surface area (Å²) in [4.78, 5) is 29.3. The number of ketones is 1. The Hall–Kier alpha value is -3.93. The Morgan fingerprint density at radius 2 is 1.90 bits per heavy atom. The Labute approximate surface area is 167 Å². The van der Waals surface area contributed by atoms with Crippen LogP contribution in [-0.4, -0.2) is 28.2 Å². The largest absolute Gasteiger partial charge is 0.497 e. The van der Waals surface area contributed by atoms with E-state index in [0.717, 1.165) is 17.0 Å². The zero-order valence-corrected chi connectivity index (χ0v) is 15.8. The van der Waals surface area contributed by atoms with Gasteiger partial charge in [0.05, 0.1) is 30.1 Å². The van der Waals surface area contributed by atoms with Crippen molar-refractivity contribution in [2.24, 2.45) is 0 Å². The molecule has 0 atom stereocenters. The van der Waals surface area contributed by atoms with Crippen molar-refractivity contribution in [1.82, 2.24) is 9.38 Å². The predicted octanol–water partition coefficient (Wildman–Crippen LogP) is 3.76. The summed E-state index contributed by atoms with van der Waals surface area (Å²) in [6.45, 7) is 0. The number of hydrogen-bond donors (Lipinski definition) is 1. The number of anilines is 1. The van der Waals surface area contributed by atoms with E-state index in [1.54, 1.807) is 31.5 Å². The molecule has 1 N–H and O–H groups in total. The molecule has 29 heavy (non-hydrogen) atoms. The number of nitrogens with zero attached hydrogens (tertiary/aromatic N) is 2. The lowest BCUT2D eigenvalue weighted by Gasteiger charge is -2.05. The molecule has 0 aliphatic heterocycles. The van der Waals surface area contributed by atoms with Gasteiger partial charge in [-0.3, -0.25) is 14.6 Å².